The molecule has 4 aromatic heterocycles. The molecule has 7 nitrogen and oxygen atoms in total. The van der Waals surface area contributed by atoms with Crippen LogP contribution >= 0.6 is 0 Å². The molecular weight excluding hydrogens is 390 g/mol. The Morgan fingerprint density at radius 2 is 2.10 bits per heavy atom. The molecule has 0 bridgehead atoms. The predicted molar refractivity (Wildman–Crippen MR) is 119 cm³/mol. The van der Waals surface area contributed by atoms with Gasteiger partial charge in [0, 0.05) is 42.8 Å². The number of nitrogens with zero attached hydrogens (tertiary/aromatic N) is 5. The Balaban J connectivity index is 1.69. The molecule has 4 aromatic rings. The van der Waals surface area contributed by atoms with Crippen molar-refractivity contribution in [2.75, 3.05) is 6.61 Å². The van der Waals surface area contributed by atoms with E-state index in [4.69, 9.17) is 9.72 Å². The van der Waals surface area contributed by atoms with Gasteiger partial charge in [0.1, 0.15) is 11.3 Å². The molecular formula is C24H25N5O2. The number of ether oxygens (including phenoxy) is 1. The van der Waals surface area contributed by atoms with Crippen molar-refractivity contribution in [3.05, 3.63) is 70.5 Å². The van der Waals surface area contributed by atoms with Gasteiger partial charge in [0.05, 0.1) is 24.4 Å². The number of aryl methyl sites for hydroxylation is 2. The monoisotopic (exact) mass is 415 g/mol. The molecule has 1 fully saturated rings. The first-order valence-electron chi connectivity index (χ1n) is 10.6. The minimum Gasteiger partial charge on any atom is -0.477 e. The Morgan fingerprint density at radius 3 is 2.81 bits per heavy atom. The number of hydrogen-bond acceptors (Lipinski definition) is 5. The number of pyridine rings is 3. The van der Waals surface area contributed by atoms with Crippen LogP contribution < -0.4 is 10.3 Å². The molecule has 5 rings (SSSR count). The van der Waals surface area contributed by atoms with Gasteiger partial charge in [-0.2, -0.15) is 0 Å². The quantitative estimate of drug-likeness (QED) is 0.477. The van der Waals surface area contributed by atoms with Crippen molar-refractivity contribution in [2.24, 2.45) is 13.0 Å². The average Bonchev–Trinajstić information content (AvgIpc) is 3.54. The number of aromatic nitrogens is 5. The molecule has 0 aliphatic heterocycles. The molecule has 0 radical (unpaired) electrons. The van der Waals surface area contributed by atoms with Crippen LogP contribution in [0, 0.1) is 12.8 Å². The summed E-state index contributed by atoms with van der Waals surface area (Å²) in [5.74, 6) is 2.05. The van der Waals surface area contributed by atoms with E-state index in [9.17, 15) is 4.79 Å². The molecule has 31 heavy (non-hydrogen) atoms. The number of hydrogen-bond donors (Lipinski definition) is 0. The third-order valence-corrected chi connectivity index (χ3v) is 5.89. The largest absolute Gasteiger partial charge is 0.477 e. The van der Waals surface area contributed by atoms with Crippen LogP contribution in [-0.4, -0.2) is 30.7 Å². The zero-order valence-electron chi connectivity index (χ0n) is 17.9. The minimum atomic E-state index is -0.0232. The van der Waals surface area contributed by atoms with Crippen molar-refractivity contribution in [3.8, 4) is 17.3 Å². The zero-order valence-corrected chi connectivity index (χ0v) is 17.9. The number of rotatable bonds is 6. The lowest BCUT2D eigenvalue weighted by Crippen LogP contribution is -2.19. The van der Waals surface area contributed by atoms with E-state index >= 15 is 0 Å². The van der Waals surface area contributed by atoms with Crippen LogP contribution in [0.5, 0.6) is 5.88 Å². The fourth-order valence-electron chi connectivity index (χ4n) is 3.91. The molecule has 0 aromatic carbocycles. The summed E-state index contributed by atoms with van der Waals surface area (Å²) in [6.07, 6.45) is 9.71. The molecule has 1 unspecified atom stereocenters. The van der Waals surface area contributed by atoms with Crippen molar-refractivity contribution in [2.45, 2.75) is 32.7 Å². The lowest BCUT2D eigenvalue weighted by molar-refractivity contribution is 0.289. The summed E-state index contributed by atoms with van der Waals surface area (Å²) in [5.41, 5.74) is 4.35. The van der Waals surface area contributed by atoms with Crippen molar-refractivity contribution in [3.63, 3.8) is 0 Å². The molecule has 0 saturated heterocycles. The maximum Gasteiger partial charge on any atom is 0.253 e. The fourth-order valence-corrected chi connectivity index (χ4v) is 3.91. The van der Waals surface area contributed by atoms with Gasteiger partial charge in [0.2, 0.25) is 5.88 Å². The maximum atomic E-state index is 12.2. The smallest absolute Gasteiger partial charge is 0.253 e. The van der Waals surface area contributed by atoms with E-state index < -0.39 is 0 Å². The molecule has 0 N–H and O–H groups in total. The molecule has 158 valence electrons. The van der Waals surface area contributed by atoms with Gasteiger partial charge >= 0.3 is 0 Å². The van der Waals surface area contributed by atoms with Gasteiger partial charge in [-0.15, -0.1) is 0 Å². The first-order valence-corrected chi connectivity index (χ1v) is 10.6. The Morgan fingerprint density at radius 1 is 1.26 bits per heavy atom. The Labute approximate surface area is 180 Å². The molecule has 1 aliphatic carbocycles. The Bertz CT molecular complexity index is 1280. The number of fused-ring (bicyclic) bond motifs is 1. The topological polar surface area (TPSA) is 74.8 Å². The van der Waals surface area contributed by atoms with E-state index in [0.717, 1.165) is 28.0 Å². The van der Waals surface area contributed by atoms with Crippen LogP contribution in [-0.2, 0) is 7.05 Å². The van der Waals surface area contributed by atoms with E-state index in [1.165, 1.54) is 12.8 Å². The molecule has 7 heteroatoms. The van der Waals surface area contributed by atoms with Crippen LogP contribution in [0.25, 0.3) is 22.4 Å². The van der Waals surface area contributed by atoms with Gasteiger partial charge in [-0.25, -0.2) is 9.97 Å². The molecule has 4 heterocycles. The van der Waals surface area contributed by atoms with Crippen LogP contribution in [0.2, 0.25) is 0 Å². The van der Waals surface area contributed by atoms with Crippen LogP contribution in [0.3, 0.4) is 0 Å². The average molecular weight is 415 g/mol. The van der Waals surface area contributed by atoms with Crippen molar-refractivity contribution < 1.29 is 4.74 Å². The van der Waals surface area contributed by atoms with E-state index in [2.05, 4.69) is 27.5 Å². The Kier molecular flexibility index (Phi) is 4.81. The highest BCUT2D eigenvalue weighted by atomic mass is 16.5. The molecule has 0 spiro atoms. The fraction of sp³-hybridized carbons (Fsp3) is 0.333. The summed E-state index contributed by atoms with van der Waals surface area (Å²) < 4.78 is 9.72. The summed E-state index contributed by atoms with van der Waals surface area (Å²) in [7, 11) is 1.77. The first-order chi connectivity index (χ1) is 15.0. The normalized spacial score (nSPS) is 14.7. The highest BCUT2D eigenvalue weighted by Crippen LogP contribution is 2.33. The molecule has 0 amide bonds. The van der Waals surface area contributed by atoms with Gasteiger partial charge in [-0.05, 0) is 50.3 Å². The third-order valence-electron chi connectivity index (χ3n) is 5.89. The summed E-state index contributed by atoms with van der Waals surface area (Å²) in [6, 6.07) is 7.84. The highest BCUT2D eigenvalue weighted by molar-refractivity contribution is 5.81. The van der Waals surface area contributed by atoms with Gasteiger partial charge < -0.3 is 13.9 Å². The molecule has 1 atom stereocenters. The lowest BCUT2D eigenvalue weighted by atomic mass is 10.1. The maximum absolute atomic E-state index is 12.2. The lowest BCUT2D eigenvalue weighted by Gasteiger charge is -2.18. The van der Waals surface area contributed by atoms with Gasteiger partial charge in [0.15, 0.2) is 0 Å². The van der Waals surface area contributed by atoms with Gasteiger partial charge in [0.25, 0.3) is 5.56 Å². The minimum absolute atomic E-state index is 0.0100. The second-order valence-corrected chi connectivity index (χ2v) is 8.36. The molecule has 1 saturated carbocycles. The van der Waals surface area contributed by atoms with Crippen LogP contribution in [0.4, 0.5) is 0 Å². The van der Waals surface area contributed by atoms with E-state index in [-0.39, 0.29) is 11.6 Å². The second kappa shape index (κ2) is 7.65. The van der Waals surface area contributed by atoms with E-state index in [1.807, 2.05) is 37.5 Å². The van der Waals surface area contributed by atoms with Crippen LogP contribution in [0.1, 0.15) is 36.9 Å². The second-order valence-electron chi connectivity index (χ2n) is 8.36. The summed E-state index contributed by atoms with van der Waals surface area (Å²) in [6.45, 7) is 4.66. The van der Waals surface area contributed by atoms with E-state index in [0.29, 0.717) is 24.0 Å². The molecule has 1 aliphatic rings. The summed E-state index contributed by atoms with van der Waals surface area (Å²) in [4.78, 5) is 25.9. The van der Waals surface area contributed by atoms with Crippen molar-refractivity contribution in [1.29, 1.82) is 0 Å². The number of imidazole rings is 1. The highest BCUT2D eigenvalue weighted by Gasteiger charge is 2.23. The van der Waals surface area contributed by atoms with E-state index in [1.54, 1.807) is 24.0 Å². The van der Waals surface area contributed by atoms with Crippen molar-refractivity contribution in [1.82, 2.24) is 24.1 Å². The first kappa shape index (κ1) is 19.5. The standard InChI is InChI=1S/C24H25N5O2/c1-15-9-19(13-28(3)24(15)30)23-27-20-12-26-22(31-14-17-6-7-17)10-21(20)29(23)16(2)18-5-4-8-25-11-18/h4-5,8-13,16-17H,6-7,14H2,1-3H3. The summed E-state index contributed by atoms with van der Waals surface area (Å²) in [5, 5.41) is 0. The summed E-state index contributed by atoms with van der Waals surface area (Å²) >= 11 is 0. The SMILES string of the molecule is Cc1cc(-c2nc3cnc(OCC4CC4)cc3n2C(C)c2cccnc2)cn(C)c1=O. The zero-order chi connectivity index (χ0) is 21.5. The van der Waals surface area contributed by atoms with Gasteiger partial charge in [-0.3, -0.25) is 9.78 Å². The van der Waals surface area contributed by atoms with Crippen molar-refractivity contribution >= 4 is 11.0 Å². The third kappa shape index (κ3) is 3.71. The Hall–Kier alpha value is -3.48. The van der Waals surface area contributed by atoms with Crippen LogP contribution in [0.15, 0.2) is 53.8 Å². The van der Waals surface area contributed by atoms with Gasteiger partial charge in [-0.1, -0.05) is 6.07 Å². The predicted octanol–water partition coefficient (Wildman–Crippen LogP) is 3.90.